The van der Waals surface area contributed by atoms with Gasteiger partial charge < -0.3 is 12.3 Å². The van der Waals surface area contributed by atoms with Crippen molar-refractivity contribution in [1.29, 1.82) is 0 Å². The minimum absolute atomic E-state index is 0.970. The highest BCUT2D eigenvalue weighted by Gasteiger charge is 2.57. The minimum atomic E-state index is -2.46. The molecule has 1 fully saturated rings. The molecule has 1 heterocycles. The van der Waals surface area contributed by atoms with Crippen LogP contribution in [0.4, 0.5) is 0 Å². The maximum absolute atomic E-state index is 6.49. The molecule has 1 aliphatic rings. The van der Waals surface area contributed by atoms with Gasteiger partial charge in [0.25, 0.3) is 0 Å². The summed E-state index contributed by atoms with van der Waals surface area (Å²) in [5.74, 6) is 0. The van der Waals surface area contributed by atoms with Crippen LogP contribution in [0.1, 0.15) is 27.7 Å². The Labute approximate surface area is 115 Å². The van der Waals surface area contributed by atoms with Gasteiger partial charge in [0.15, 0.2) is 0 Å². The van der Waals surface area contributed by atoms with Gasteiger partial charge in [-0.1, -0.05) is 27.7 Å². The Balaban J connectivity index is 3.21. The van der Waals surface area contributed by atoms with E-state index in [9.17, 15) is 0 Å². The van der Waals surface area contributed by atoms with Crippen molar-refractivity contribution >= 4 is 25.7 Å². The zero-order chi connectivity index (χ0) is 13.9. The summed E-state index contributed by atoms with van der Waals surface area (Å²) in [6.07, 6.45) is 0. The van der Waals surface area contributed by atoms with Crippen molar-refractivity contribution in [3.63, 3.8) is 0 Å². The second-order valence-corrected chi connectivity index (χ2v) is 15.9. The summed E-state index contributed by atoms with van der Waals surface area (Å²) >= 11 is 0. The molecule has 0 aromatic heterocycles. The van der Waals surface area contributed by atoms with Crippen molar-refractivity contribution in [2.75, 3.05) is 0 Å². The van der Waals surface area contributed by atoms with Crippen LogP contribution in [0.5, 0.6) is 0 Å². The Bertz CT molecular complexity index is 282. The largest absolute Gasteiger partial charge is 0.415 e. The summed E-state index contributed by atoms with van der Waals surface area (Å²) in [7, 11) is -6.72. The van der Waals surface area contributed by atoms with Crippen molar-refractivity contribution in [3.05, 3.63) is 24.6 Å². The van der Waals surface area contributed by atoms with Crippen LogP contribution in [0.3, 0.4) is 0 Å². The van der Waals surface area contributed by atoms with Gasteiger partial charge >= 0.3 is 25.7 Å². The SMILES string of the molecule is C=C[Si]1(C=C)O[Si](CC)(CC)O[Si](CC)(CC)O1. The van der Waals surface area contributed by atoms with Crippen LogP contribution >= 0.6 is 0 Å². The molecule has 0 amide bonds. The maximum Gasteiger partial charge on any atom is 0.373 e. The highest BCUT2D eigenvalue weighted by molar-refractivity contribution is 6.98. The lowest BCUT2D eigenvalue weighted by Gasteiger charge is -2.51. The monoisotopic (exact) mass is 302 g/mol. The first-order valence-corrected chi connectivity index (χ1v) is 13.3. The molecule has 6 heteroatoms. The summed E-state index contributed by atoms with van der Waals surface area (Å²) in [4.78, 5) is 0. The lowest BCUT2D eigenvalue weighted by molar-refractivity contribution is 0.227. The third-order valence-electron chi connectivity index (χ3n) is 3.79. The summed E-state index contributed by atoms with van der Waals surface area (Å²) < 4.78 is 19.2. The first-order chi connectivity index (χ1) is 8.49. The molecule has 18 heavy (non-hydrogen) atoms. The van der Waals surface area contributed by atoms with E-state index in [0.717, 1.165) is 24.2 Å². The minimum Gasteiger partial charge on any atom is -0.415 e. The van der Waals surface area contributed by atoms with E-state index in [1.807, 2.05) is 11.4 Å². The molecule has 3 nitrogen and oxygen atoms in total. The quantitative estimate of drug-likeness (QED) is 0.696. The summed E-state index contributed by atoms with van der Waals surface area (Å²) in [5, 5.41) is 0. The second-order valence-electron chi connectivity index (χ2n) is 4.67. The molecule has 0 saturated carbocycles. The molecule has 0 aromatic carbocycles. The average Bonchev–Trinajstić information content (AvgIpc) is 2.46. The highest BCUT2D eigenvalue weighted by Crippen LogP contribution is 2.39. The Morgan fingerprint density at radius 1 is 0.722 bits per heavy atom. The summed E-state index contributed by atoms with van der Waals surface area (Å²) in [6, 6.07) is 3.88. The highest BCUT2D eigenvalue weighted by atomic mass is 28.5. The third-order valence-corrected chi connectivity index (χ3v) is 17.7. The van der Waals surface area contributed by atoms with Gasteiger partial charge in [-0.25, -0.2) is 0 Å². The van der Waals surface area contributed by atoms with E-state index < -0.39 is 25.7 Å². The first kappa shape index (κ1) is 16.1. The Kier molecular flexibility index (Phi) is 5.33. The lowest BCUT2D eigenvalue weighted by atomic mass is 10.9. The molecule has 0 spiro atoms. The fourth-order valence-electron chi connectivity index (χ4n) is 2.31. The first-order valence-electron chi connectivity index (χ1n) is 6.86. The predicted molar refractivity (Wildman–Crippen MR) is 82.8 cm³/mol. The fraction of sp³-hybridized carbons (Fsp3) is 0.667. The maximum atomic E-state index is 6.49. The van der Waals surface area contributed by atoms with Crippen molar-refractivity contribution in [2.24, 2.45) is 0 Å². The van der Waals surface area contributed by atoms with Crippen molar-refractivity contribution in [2.45, 2.75) is 51.9 Å². The number of rotatable bonds is 6. The van der Waals surface area contributed by atoms with E-state index in [2.05, 4.69) is 40.9 Å². The van der Waals surface area contributed by atoms with Crippen molar-refractivity contribution < 1.29 is 12.3 Å². The fourth-order valence-corrected chi connectivity index (χ4v) is 18.4. The molecule has 104 valence electrons. The van der Waals surface area contributed by atoms with Gasteiger partial charge in [-0.2, -0.15) is 0 Å². The van der Waals surface area contributed by atoms with Gasteiger partial charge in [-0.05, 0) is 35.6 Å². The standard InChI is InChI=1S/C12H26O3Si3/c1-7-16(8-2)13-17(9-3,10-4)15-18(11-5,12-6)14-16/h7-8H,1-2,9-12H2,3-6H3. The molecule has 1 rings (SSSR count). The van der Waals surface area contributed by atoms with Crippen LogP contribution < -0.4 is 0 Å². The van der Waals surface area contributed by atoms with Gasteiger partial charge in [0.1, 0.15) is 0 Å². The Morgan fingerprint density at radius 3 is 1.28 bits per heavy atom. The predicted octanol–water partition coefficient (Wildman–Crippen LogP) is 3.91. The smallest absolute Gasteiger partial charge is 0.373 e. The van der Waals surface area contributed by atoms with E-state index in [1.165, 1.54) is 0 Å². The van der Waals surface area contributed by atoms with Crippen LogP contribution in [-0.4, -0.2) is 25.7 Å². The van der Waals surface area contributed by atoms with E-state index in [1.54, 1.807) is 0 Å². The second kappa shape index (κ2) is 5.98. The van der Waals surface area contributed by atoms with Crippen LogP contribution in [0.2, 0.25) is 24.2 Å². The van der Waals surface area contributed by atoms with Crippen LogP contribution in [0, 0.1) is 0 Å². The van der Waals surface area contributed by atoms with Gasteiger partial charge in [0, 0.05) is 0 Å². The van der Waals surface area contributed by atoms with Crippen LogP contribution in [0.25, 0.3) is 0 Å². The zero-order valence-corrected chi connectivity index (χ0v) is 15.1. The summed E-state index contributed by atoms with van der Waals surface area (Å²) in [5.41, 5.74) is 3.73. The van der Waals surface area contributed by atoms with Gasteiger partial charge in [0.05, 0.1) is 0 Å². The van der Waals surface area contributed by atoms with Gasteiger partial charge in [-0.15, -0.1) is 13.2 Å². The molecular formula is C12H26O3Si3. The molecule has 0 atom stereocenters. The summed E-state index contributed by atoms with van der Waals surface area (Å²) in [6.45, 7) is 16.5. The topological polar surface area (TPSA) is 27.7 Å². The Hall–Kier alpha value is 0.0106. The third kappa shape index (κ3) is 2.78. The molecule has 0 radical (unpaired) electrons. The normalized spacial score (nSPS) is 24.4. The molecule has 1 aliphatic heterocycles. The van der Waals surface area contributed by atoms with Gasteiger partial charge in [0.2, 0.25) is 0 Å². The van der Waals surface area contributed by atoms with Crippen molar-refractivity contribution in [1.82, 2.24) is 0 Å². The Morgan fingerprint density at radius 2 is 1.06 bits per heavy atom. The molecule has 0 bridgehead atoms. The zero-order valence-electron chi connectivity index (χ0n) is 12.1. The van der Waals surface area contributed by atoms with E-state index >= 15 is 0 Å². The molecule has 0 unspecified atom stereocenters. The van der Waals surface area contributed by atoms with E-state index in [-0.39, 0.29) is 0 Å². The molecule has 1 saturated heterocycles. The number of hydrogen-bond acceptors (Lipinski definition) is 3. The lowest BCUT2D eigenvalue weighted by Crippen LogP contribution is -2.68. The average molecular weight is 303 g/mol. The van der Waals surface area contributed by atoms with E-state index in [4.69, 9.17) is 12.3 Å². The van der Waals surface area contributed by atoms with Gasteiger partial charge in [-0.3, -0.25) is 0 Å². The van der Waals surface area contributed by atoms with E-state index in [0.29, 0.717) is 0 Å². The van der Waals surface area contributed by atoms with Crippen LogP contribution in [-0.2, 0) is 12.3 Å². The molecular weight excluding hydrogens is 276 g/mol. The van der Waals surface area contributed by atoms with Crippen molar-refractivity contribution in [3.8, 4) is 0 Å². The molecule has 0 N–H and O–H groups in total. The molecule has 0 aliphatic carbocycles. The number of hydrogen-bond donors (Lipinski definition) is 0. The van der Waals surface area contributed by atoms with Crippen LogP contribution in [0.15, 0.2) is 24.6 Å². The molecule has 0 aromatic rings.